The van der Waals surface area contributed by atoms with Crippen molar-refractivity contribution in [3.05, 3.63) is 84.2 Å². The van der Waals surface area contributed by atoms with Gasteiger partial charge in [0.25, 0.3) is 5.91 Å². The second kappa shape index (κ2) is 6.32. The van der Waals surface area contributed by atoms with Crippen LogP contribution in [0.3, 0.4) is 0 Å². The lowest BCUT2D eigenvalue weighted by molar-refractivity contribution is 0.102. The number of carbonyl (C=O) groups excluding carboxylic acids is 1. The molecule has 0 unspecified atom stereocenters. The average Bonchev–Trinajstić information content (AvgIpc) is 2.58. The highest BCUT2D eigenvalue weighted by atomic mass is 19.1. The van der Waals surface area contributed by atoms with Crippen molar-refractivity contribution in [1.82, 2.24) is 0 Å². The zero-order chi connectivity index (χ0) is 16.2. The van der Waals surface area contributed by atoms with Crippen molar-refractivity contribution in [2.24, 2.45) is 0 Å². The molecular weight excluding hydrogens is 293 g/mol. The molecule has 0 fully saturated rings. The van der Waals surface area contributed by atoms with E-state index in [9.17, 15) is 14.3 Å². The SMILES string of the molecule is O=C(Nc1ccc(O)cc1)c1ccc(-c2ccc(F)cc2)cc1. The van der Waals surface area contributed by atoms with Gasteiger partial charge in [-0.3, -0.25) is 4.79 Å². The van der Waals surface area contributed by atoms with E-state index in [1.54, 1.807) is 36.4 Å². The van der Waals surface area contributed by atoms with E-state index in [1.807, 2.05) is 12.1 Å². The molecule has 0 heterocycles. The van der Waals surface area contributed by atoms with Crippen molar-refractivity contribution in [1.29, 1.82) is 0 Å². The van der Waals surface area contributed by atoms with Crippen LogP contribution in [-0.2, 0) is 0 Å². The summed E-state index contributed by atoms with van der Waals surface area (Å²) in [6.07, 6.45) is 0. The molecule has 0 bridgehead atoms. The van der Waals surface area contributed by atoms with E-state index in [0.717, 1.165) is 11.1 Å². The summed E-state index contributed by atoms with van der Waals surface area (Å²) in [6, 6.07) is 19.5. The largest absolute Gasteiger partial charge is 0.508 e. The van der Waals surface area contributed by atoms with Gasteiger partial charge in [-0.05, 0) is 59.7 Å². The van der Waals surface area contributed by atoms with Crippen molar-refractivity contribution in [3.63, 3.8) is 0 Å². The Labute approximate surface area is 133 Å². The number of carbonyl (C=O) groups is 1. The highest BCUT2D eigenvalue weighted by molar-refractivity contribution is 6.04. The van der Waals surface area contributed by atoms with Gasteiger partial charge in [0.15, 0.2) is 0 Å². The predicted octanol–water partition coefficient (Wildman–Crippen LogP) is 4.45. The van der Waals surface area contributed by atoms with E-state index in [4.69, 9.17) is 0 Å². The number of hydrogen-bond acceptors (Lipinski definition) is 2. The van der Waals surface area contributed by atoms with Crippen molar-refractivity contribution < 1.29 is 14.3 Å². The van der Waals surface area contributed by atoms with Crippen molar-refractivity contribution in [2.45, 2.75) is 0 Å². The van der Waals surface area contributed by atoms with Gasteiger partial charge in [0, 0.05) is 11.3 Å². The first-order valence-corrected chi connectivity index (χ1v) is 7.08. The van der Waals surface area contributed by atoms with E-state index in [2.05, 4.69) is 5.32 Å². The Kier molecular flexibility index (Phi) is 4.06. The Morgan fingerprint density at radius 1 is 0.783 bits per heavy atom. The molecule has 1 amide bonds. The lowest BCUT2D eigenvalue weighted by Gasteiger charge is -2.07. The lowest BCUT2D eigenvalue weighted by atomic mass is 10.0. The summed E-state index contributed by atoms with van der Waals surface area (Å²) in [6.45, 7) is 0. The van der Waals surface area contributed by atoms with Gasteiger partial charge >= 0.3 is 0 Å². The fourth-order valence-electron chi connectivity index (χ4n) is 2.20. The fraction of sp³-hybridized carbons (Fsp3) is 0. The zero-order valence-corrected chi connectivity index (χ0v) is 12.2. The van der Waals surface area contributed by atoms with Gasteiger partial charge in [-0.25, -0.2) is 4.39 Å². The summed E-state index contributed by atoms with van der Waals surface area (Å²) in [7, 11) is 0. The number of benzene rings is 3. The second-order valence-corrected chi connectivity index (χ2v) is 5.09. The highest BCUT2D eigenvalue weighted by Gasteiger charge is 2.07. The van der Waals surface area contributed by atoms with Gasteiger partial charge in [0.2, 0.25) is 0 Å². The average molecular weight is 307 g/mol. The molecule has 2 N–H and O–H groups in total. The van der Waals surface area contributed by atoms with Gasteiger partial charge in [-0.1, -0.05) is 24.3 Å². The van der Waals surface area contributed by atoms with E-state index < -0.39 is 0 Å². The number of anilines is 1. The van der Waals surface area contributed by atoms with Crippen molar-refractivity contribution in [2.75, 3.05) is 5.32 Å². The van der Waals surface area contributed by atoms with E-state index in [1.165, 1.54) is 24.3 Å². The van der Waals surface area contributed by atoms with Crippen LogP contribution in [-0.4, -0.2) is 11.0 Å². The van der Waals surface area contributed by atoms with Crippen molar-refractivity contribution in [3.8, 4) is 16.9 Å². The highest BCUT2D eigenvalue weighted by Crippen LogP contribution is 2.21. The maximum Gasteiger partial charge on any atom is 0.255 e. The number of phenolic OH excluding ortho intramolecular Hbond substituents is 1. The van der Waals surface area contributed by atoms with Crippen LogP contribution < -0.4 is 5.32 Å². The third-order valence-electron chi connectivity index (χ3n) is 3.45. The van der Waals surface area contributed by atoms with Crippen LogP contribution in [0.1, 0.15) is 10.4 Å². The summed E-state index contributed by atoms with van der Waals surface area (Å²) < 4.78 is 12.9. The molecule has 0 spiro atoms. The summed E-state index contributed by atoms with van der Waals surface area (Å²) in [5, 5.41) is 12.0. The third-order valence-corrected chi connectivity index (χ3v) is 3.45. The Morgan fingerprint density at radius 3 is 1.87 bits per heavy atom. The quantitative estimate of drug-likeness (QED) is 0.702. The Bertz CT molecular complexity index is 809. The molecule has 3 rings (SSSR count). The van der Waals surface area contributed by atoms with E-state index in [0.29, 0.717) is 11.3 Å². The molecule has 3 nitrogen and oxygen atoms in total. The number of hydrogen-bond donors (Lipinski definition) is 2. The molecular formula is C19H14FNO2. The van der Waals surface area contributed by atoms with E-state index in [-0.39, 0.29) is 17.5 Å². The molecule has 0 radical (unpaired) electrons. The molecule has 3 aromatic carbocycles. The molecule has 0 atom stereocenters. The second-order valence-electron chi connectivity index (χ2n) is 5.09. The predicted molar refractivity (Wildman–Crippen MR) is 87.9 cm³/mol. The minimum Gasteiger partial charge on any atom is -0.508 e. The Morgan fingerprint density at radius 2 is 1.30 bits per heavy atom. The Hall–Kier alpha value is -3.14. The number of halogens is 1. The van der Waals surface area contributed by atoms with Crippen LogP contribution in [0.15, 0.2) is 72.8 Å². The van der Waals surface area contributed by atoms with Gasteiger partial charge in [0.05, 0.1) is 0 Å². The molecule has 4 heteroatoms. The Balaban J connectivity index is 1.74. The summed E-state index contributed by atoms with van der Waals surface area (Å²) in [4.78, 5) is 12.2. The van der Waals surface area contributed by atoms with Crippen LogP contribution in [0.2, 0.25) is 0 Å². The maximum atomic E-state index is 12.9. The smallest absolute Gasteiger partial charge is 0.255 e. The molecule has 0 aliphatic carbocycles. The third kappa shape index (κ3) is 3.55. The normalized spacial score (nSPS) is 10.3. The standard InChI is InChI=1S/C19H14FNO2/c20-16-7-5-14(6-8-16)13-1-3-15(4-2-13)19(23)21-17-9-11-18(22)12-10-17/h1-12,22H,(H,21,23). The summed E-state index contributed by atoms with van der Waals surface area (Å²) in [5.74, 6) is -0.369. The molecule has 3 aromatic rings. The van der Waals surface area contributed by atoms with Gasteiger partial charge in [-0.2, -0.15) is 0 Å². The van der Waals surface area contributed by atoms with Gasteiger partial charge < -0.3 is 10.4 Å². The molecule has 0 aliphatic rings. The van der Waals surface area contributed by atoms with Crippen LogP contribution >= 0.6 is 0 Å². The fourth-order valence-corrected chi connectivity index (χ4v) is 2.20. The number of rotatable bonds is 3. The molecule has 0 saturated carbocycles. The molecule has 23 heavy (non-hydrogen) atoms. The first-order valence-electron chi connectivity index (χ1n) is 7.08. The van der Waals surface area contributed by atoms with Crippen LogP contribution in [0.5, 0.6) is 5.75 Å². The lowest BCUT2D eigenvalue weighted by Crippen LogP contribution is -2.11. The first kappa shape index (κ1) is 14.8. The number of phenols is 1. The number of amides is 1. The minimum atomic E-state index is -0.279. The van der Waals surface area contributed by atoms with Crippen LogP contribution in [0, 0.1) is 5.82 Å². The van der Waals surface area contributed by atoms with Crippen molar-refractivity contribution >= 4 is 11.6 Å². The molecule has 0 aromatic heterocycles. The maximum absolute atomic E-state index is 12.9. The monoisotopic (exact) mass is 307 g/mol. The number of aromatic hydroxyl groups is 1. The topological polar surface area (TPSA) is 49.3 Å². The molecule has 0 saturated heterocycles. The van der Waals surface area contributed by atoms with Crippen LogP contribution in [0.25, 0.3) is 11.1 Å². The van der Waals surface area contributed by atoms with E-state index >= 15 is 0 Å². The molecule has 0 aliphatic heterocycles. The zero-order valence-electron chi connectivity index (χ0n) is 12.2. The van der Waals surface area contributed by atoms with Gasteiger partial charge in [0.1, 0.15) is 11.6 Å². The minimum absolute atomic E-state index is 0.145. The summed E-state index contributed by atoms with van der Waals surface area (Å²) in [5.41, 5.74) is 2.92. The number of nitrogens with one attached hydrogen (secondary N) is 1. The molecule has 114 valence electrons. The summed E-state index contributed by atoms with van der Waals surface area (Å²) >= 11 is 0. The first-order chi connectivity index (χ1) is 11.1. The van der Waals surface area contributed by atoms with Crippen LogP contribution in [0.4, 0.5) is 10.1 Å². The van der Waals surface area contributed by atoms with Gasteiger partial charge in [-0.15, -0.1) is 0 Å².